The van der Waals surface area contributed by atoms with Crippen LogP contribution >= 0.6 is 11.6 Å². The Morgan fingerprint density at radius 2 is 2.17 bits per heavy atom. The maximum atomic E-state index is 11.3. The minimum Gasteiger partial charge on any atom is -0.354 e. The van der Waals surface area contributed by atoms with E-state index in [4.69, 9.17) is 11.6 Å². The molecule has 3 nitrogen and oxygen atoms in total. The maximum Gasteiger partial charge on any atom is 0.237 e. The molecule has 1 heterocycles. The average Bonchev–Trinajstić information content (AvgIpc) is 2.38. The quantitative estimate of drug-likeness (QED) is 0.861. The van der Waals surface area contributed by atoms with E-state index in [-0.39, 0.29) is 5.91 Å². The summed E-state index contributed by atoms with van der Waals surface area (Å²) in [6.07, 6.45) is 2.54. The van der Waals surface area contributed by atoms with Crippen LogP contribution in [-0.4, -0.2) is 22.8 Å². The summed E-state index contributed by atoms with van der Waals surface area (Å²) < 4.78 is 0. The van der Waals surface area contributed by atoms with Crippen LogP contribution in [0.3, 0.4) is 0 Å². The summed E-state index contributed by atoms with van der Waals surface area (Å²) in [5.41, 5.74) is 2.13. The number of rotatable bonds is 4. The van der Waals surface area contributed by atoms with Crippen LogP contribution in [0.4, 0.5) is 0 Å². The van der Waals surface area contributed by atoms with E-state index in [0.717, 1.165) is 22.9 Å². The van der Waals surface area contributed by atoms with Gasteiger partial charge in [-0.3, -0.25) is 9.78 Å². The van der Waals surface area contributed by atoms with E-state index < -0.39 is 5.38 Å². The van der Waals surface area contributed by atoms with Gasteiger partial charge >= 0.3 is 0 Å². The van der Waals surface area contributed by atoms with Crippen LogP contribution < -0.4 is 5.32 Å². The second kappa shape index (κ2) is 5.83. The normalized spacial score (nSPS) is 12.3. The van der Waals surface area contributed by atoms with Crippen molar-refractivity contribution in [3.63, 3.8) is 0 Å². The van der Waals surface area contributed by atoms with E-state index in [9.17, 15) is 4.79 Å². The van der Waals surface area contributed by atoms with Crippen molar-refractivity contribution in [2.24, 2.45) is 0 Å². The molecule has 0 aliphatic heterocycles. The molecule has 2 rings (SSSR count). The van der Waals surface area contributed by atoms with Crippen LogP contribution in [0.2, 0.25) is 0 Å². The number of amides is 1. The molecular formula is C14H15ClN2O. The molecule has 1 N–H and O–H groups in total. The Balaban J connectivity index is 2.06. The molecule has 0 saturated carbocycles. The fourth-order valence-corrected chi connectivity index (χ4v) is 1.91. The lowest BCUT2D eigenvalue weighted by atomic mass is 10.1. The van der Waals surface area contributed by atoms with Gasteiger partial charge in [-0.25, -0.2) is 0 Å². The fraction of sp³-hybridized carbons (Fsp3) is 0.286. The lowest BCUT2D eigenvalue weighted by Crippen LogP contribution is -2.31. The zero-order chi connectivity index (χ0) is 13.0. The second-order valence-electron chi connectivity index (χ2n) is 4.15. The standard InChI is InChI=1S/C14H15ClN2O/c1-10(15)14(18)17-9-7-12-5-2-4-11-6-3-8-16-13(11)12/h2-6,8,10H,7,9H2,1H3,(H,17,18). The molecule has 18 heavy (non-hydrogen) atoms. The molecule has 0 bridgehead atoms. The summed E-state index contributed by atoms with van der Waals surface area (Å²) in [6.45, 7) is 2.24. The zero-order valence-corrected chi connectivity index (χ0v) is 10.9. The van der Waals surface area contributed by atoms with Crippen LogP contribution in [0.5, 0.6) is 0 Å². The zero-order valence-electron chi connectivity index (χ0n) is 10.2. The molecule has 0 aliphatic rings. The number of alkyl halides is 1. The number of fused-ring (bicyclic) bond motifs is 1. The number of halogens is 1. The van der Waals surface area contributed by atoms with Crippen LogP contribution in [0, 0.1) is 0 Å². The predicted octanol–water partition coefficient (Wildman–Crippen LogP) is 2.52. The van der Waals surface area contributed by atoms with Crippen LogP contribution in [0.25, 0.3) is 10.9 Å². The van der Waals surface area contributed by atoms with Crippen molar-refractivity contribution < 1.29 is 4.79 Å². The Morgan fingerprint density at radius 1 is 1.39 bits per heavy atom. The van der Waals surface area contributed by atoms with Crippen molar-refractivity contribution in [3.8, 4) is 0 Å². The smallest absolute Gasteiger partial charge is 0.237 e. The number of para-hydroxylation sites is 1. The molecule has 2 aromatic rings. The largest absolute Gasteiger partial charge is 0.354 e. The summed E-state index contributed by atoms with van der Waals surface area (Å²) in [5.74, 6) is -0.134. The number of nitrogens with zero attached hydrogens (tertiary/aromatic N) is 1. The summed E-state index contributed by atoms with van der Waals surface area (Å²) in [6, 6.07) is 10.0. The van der Waals surface area contributed by atoms with Gasteiger partial charge in [-0.2, -0.15) is 0 Å². The Bertz CT molecular complexity index is 549. The van der Waals surface area contributed by atoms with Crippen LogP contribution in [-0.2, 0) is 11.2 Å². The molecular weight excluding hydrogens is 248 g/mol. The SMILES string of the molecule is CC(Cl)C(=O)NCCc1cccc2cccnc12. The van der Waals surface area contributed by atoms with Gasteiger partial charge in [0.1, 0.15) is 5.38 Å². The van der Waals surface area contributed by atoms with Gasteiger partial charge in [0.15, 0.2) is 0 Å². The molecule has 0 aliphatic carbocycles. The van der Waals surface area contributed by atoms with Gasteiger partial charge in [0.2, 0.25) is 5.91 Å². The molecule has 1 aromatic heterocycles. The van der Waals surface area contributed by atoms with Gasteiger partial charge in [-0.15, -0.1) is 11.6 Å². The molecule has 0 fully saturated rings. The topological polar surface area (TPSA) is 42.0 Å². The van der Waals surface area contributed by atoms with E-state index in [1.807, 2.05) is 30.3 Å². The van der Waals surface area contributed by atoms with Crippen molar-refractivity contribution in [2.45, 2.75) is 18.7 Å². The number of nitrogens with one attached hydrogen (secondary N) is 1. The van der Waals surface area contributed by atoms with E-state index in [2.05, 4.69) is 10.3 Å². The molecule has 0 spiro atoms. The number of hydrogen-bond donors (Lipinski definition) is 1. The van der Waals surface area contributed by atoms with E-state index in [1.54, 1.807) is 13.1 Å². The molecule has 4 heteroatoms. The monoisotopic (exact) mass is 262 g/mol. The highest BCUT2D eigenvalue weighted by Gasteiger charge is 2.08. The molecule has 1 unspecified atom stereocenters. The van der Waals surface area contributed by atoms with E-state index >= 15 is 0 Å². The second-order valence-corrected chi connectivity index (χ2v) is 4.80. The third-order valence-corrected chi connectivity index (χ3v) is 2.97. The van der Waals surface area contributed by atoms with Gasteiger partial charge in [0, 0.05) is 18.1 Å². The van der Waals surface area contributed by atoms with Crippen molar-refractivity contribution in [3.05, 3.63) is 42.1 Å². The molecule has 0 saturated heterocycles. The molecule has 1 aromatic carbocycles. The number of carbonyl (C=O) groups is 1. The third kappa shape index (κ3) is 2.99. The summed E-state index contributed by atoms with van der Waals surface area (Å²) in [5, 5.41) is 3.42. The fourth-order valence-electron chi connectivity index (χ4n) is 1.83. The van der Waals surface area contributed by atoms with Crippen molar-refractivity contribution >= 4 is 28.4 Å². The Labute approximate surface area is 111 Å². The summed E-state index contributed by atoms with van der Waals surface area (Å²) in [4.78, 5) is 15.7. The lowest BCUT2D eigenvalue weighted by Gasteiger charge is -2.08. The lowest BCUT2D eigenvalue weighted by molar-refractivity contribution is -0.120. The first-order chi connectivity index (χ1) is 8.68. The number of carbonyl (C=O) groups excluding carboxylic acids is 1. The van der Waals surface area contributed by atoms with Gasteiger partial charge in [-0.05, 0) is 25.0 Å². The Kier molecular flexibility index (Phi) is 4.15. The molecule has 0 radical (unpaired) electrons. The van der Waals surface area contributed by atoms with Gasteiger partial charge in [-0.1, -0.05) is 24.3 Å². The molecule has 1 atom stereocenters. The summed E-state index contributed by atoms with van der Waals surface area (Å²) >= 11 is 5.68. The Hall–Kier alpha value is -1.61. The Morgan fingerprint density at radius 3 is 2.94 bits per heavy atom. The number of hydrogen-bond acceptors (Lipinski definition) is 2. The van der Waals surface area contributed by atoms with E-state index in [1.165, 1.54) is 0 Å². The first-order valence-electron chi connectivity index (χ1n) is 5.93. The maximum absolute atomic E-state index is 11.3. The average molecular weight is 263 g/mol. The highest BCUT2D eigenvalue weighted by Crippen LogP contribution is 2.15. The van der Waals surface area contributed by atoms with Crippen molar-refractivity contribution in [2.75, 3.05) is 6.54 Å². The van der Waals surface area contributed by atoms with Gasteiger partial charge in [0.25, 0.3) is 0 Å². The number of benzene rings is 1. The highest BCUT2D eigenvalue weighted by molar-refractivity contribution is 6.30. The predicted molar refractivity (Wildman–Crippen MR) is 73.8 cm³/mol. The minimum atomic E-state index is -0.490. The molecule has 1 amide bonds. The minimum absolute atomic E-state index is 0.134. The van der Waals surface area contributed by atoms with Crippen molar-refractivity contribution in [1.82, 2.24) is 10.3 Å². The van der Waals surface area contributed by atoms with Crippen LogP contribution in [0.1, 0.15) is 12.5 Å². The first-order valence-corrected chi connectivity index (χ1v) is 6.36. The highest BCUT2D eigenvalue weighted by atomic mass is 35.5. The number of aromatic nitrogens is 1. The third-order valence-electron chi connectivity index (χ3n) is 2.77. The van der Waals surface area contributed by atoms with Crippen LogP contribution in [0.15, 0.2) is 36.5 Å². The first kappa shape index (κ1) is 12.8. The van der Waals surface area contributed by atoms with E-state index in [0.29, 0.717) is 6.54 Å². The number of pyridine rings is 1. The van der Waals surface area contributed by atoms with Crippen molar-refractivity contribution in [1.29, 1.82) is 0 Å². The summed E-state index contributed by atoms with van der Waals surface area (Å²) in [7, 11) is 0. The van der Waals surface area contributed by atoms with Gasteiger partial charge < -0.3 is 5.32 Å². The van der Waals surface area contributed by atoms with Gasteiger partial charge in [0.05, 0.1) is 5.52 Å². The molecule has 94 valence electrons.